The Kier molecular flexibility index (Phi) is 6.58. The molecule has 0 bridgehead atoms. The van der Waals surface area contributed by atoms with Crippen molar-refractivity contribution < 1.29 is 0 Å². The Bertz CT molecular complexity index is 903. The normalized spacial score (nSPS) is 20.9. The second kappa shape index (κ2) is 9.34. The molecule has 0 aliphatic carbocycles. The van der Waals surface area contributed by atoms with E-state index in [2.05, 4.69) is 28.1 Å². The van der Waals surface area contributed by atoms with E-state index in [9.17, 15) is 0 Å². The molecule has 0 amide bonds. The molecular formula is C23H27Cl2N5. The molecule has 0 aromatic heterocycles. The van der Waals surface area contributed by atoms with Crippen molar-refractivity contribution >= 4 is 34.6 Å². The molecule has 0 unspecified atom stereocenters. The minimum absolute atomic E-state index is 0.192. The number of nitrogens with two attached hydrogens (primary N) is 1. The van der Waals surface area contributed by atoms with Crippen LogP contribution in [0.15, 0.2) is 42.5 Å². The number of hydrogen-bond acceptors (Lipinski definition) is 5. The number of likely N-dealkylation sites (tertiary alicyclic amines) is 1. The Morgan fingerprint density at radius 3 is 2.40 bits per heavy atom. The second-order valence-corrected chi connectivity index (χ2v) is 9.11. The average molecular weight is 444 g/mol. The van der Waals surface area contributed by atoms with Crippen LogP contribution < -0.4 is 10.6 Å². The highest BCUT2D eigenvalue weighted by Gasteiger charge is 2.31. The highest BCUT2D eigenvalue weighted by atomic mass is 35.5. The fourth-order valence-corrected chi connectivity index (χ4v) is 5.11. The van der Waals surface area contributed by atoms with Crippen molar-refractivity contribution in [2.45, 2.75) is 18.9 Å². The van der Waals surface area contributed by atoms with Gasteiger partial charge in [0.2, 0.25) is 0 Å². The Morgan fingerprint density at radius 1 is 1.00 bits per heavy atom. The molecule has 2 aliphatic rings. The molecule has 2 aromatic carbocycles. The standard InChI is InChI=1S/C23H27Cl2N5/c24-19-3-6-22(21(25)13-19)30-12-11-29(14-17-7-9-28(16-26)10-8-17)15-23(30)18-1-4-20(27)5-2-18/h1-6,13,17,23H,7-12,14-15,27H2/t23-/m0/s1. The lowest BCUT2D eigenvalue weighted by Crippen LogP contribution is -2.50. The van der Waals surface area contributed by atoms with Crippen molar-refractivity contribution in [1.82, 2.24) is 9.80 Å². The summed E-state index contributed by atoms with van der Waals surface area (Å²) >= 11 is 12.7. The summed E-state index contributed by atoms with van der Waals surface area (Å²) in [6, 6.07) is 14.1. The van der Waals surface area contributed by atoms with Crippen LogP contribution in [0.2, 0.25) is 10.0 Å². The fraction of sp³-hybridized carbons (Fsp3) is 0.435. The van der Waals surface area contributed by atoms with Crippen LogP contribution in [0.3, 0.4) is 0 Å². The number of piperazine rings is 1. The molecule has 5 nitrogen and oxygen atoms in total. The maximum atomic E-state index is 9.09. The third kappa shape index (κ3) is 4.78. The van der Waals surface area contributed by atoms with Gasteiger partial charge in [0.25, 0.3) is 0 Å². The molecule has 2 aromatic rings. The summed E-state index contributed by atoms with van der Waals surface area (Å²) in [4.78, 5) is 6.82. The molecule has 1 atom stereocenters. The smallest absolute Gasteiger partial charge is 0.179 e. The zero-order valence-electron chi connectivity index (χ0n) is 17.0. The van der Waals surface area contributed by atoms with Crippen molar-refractivity contribution in [3.8, 4) is 6.19 Å². The van der Waals surface area contributed by atoms with Gasteiger partial charge in [-0.25, -0.2) is 0 Å². The first kappa shape index (κ1) is 21.1. The molecule has 4 rings (SSSR count). The first-order valence-electron chi connectivity index (χ1n) is 10.5. The molecular weight excluding hydrogens is 417 g/mol. The SMILES string of the molecule is N#CN1CCC(CN2CCN(c3ccc(Cl)cc3Cl)[C@H](c3ccc(N)cc3)C2)CC1. The van der Waals surface area contributed by atoms with E-state index in [1.165, 1.54) is 5.56 Å². The number of halogens is 2. The van der Waals surface area contributed by atoms with Crippen LogP contribution in [0, 0.1) is 17.4 Å². The molecule has 30 heavy (non-hydrogen) atoms. The molecule has 2 N–H and O–H groups in total. The highest BCUT2D eigenvalue weighted by molar-refractivity contribution is 6.36. The summed E-state index contributed by atoms with van der Waals surface area (Å²) in [5, 5.41) is 10.4. The molecule has 7 heteroatoms. The van der Waals surface area contributed by atoms with Crippen LogP contribution >= 0.6 is 23.2 Å². The van der Waals surface area contributed by atoms with Crippen molar-refractivity contribution in [2.75, 3.05) is 49.9 Å². The Labute approximate surface area is 188 Å². The van der Waals surface area contributed by atoms with Crippen LogP contribution in [-0.2, 0) is 0 Å². The molecule has 2 saturated heterocycles. The zero-order valence-corrected chi connectivity index (χ0v) is 18.5. The lowest BCUT2D eigenvalue weighted by atomic mass is 9.94. The highest BCUT2D eigenvalue weighted by Crippen LogP contribution is 2.37. The fourth-order valence-electron chi connectivity index (χ4n) is 4.59. The largest absolute Gasteiger partial charge is 0.399 e. The molecule has 158 valence electrons. The number of nitrogen functional groups attached to an aromatic ring is 1. The van der Waals surface area contributed by atoms with Gasteiger partial charge in [-0.05, 0) is 54.7 Å². The summed E-state index contributed by atoms with van der Waals surface area (Å²) in [6.07, 6.45) is 4.45. The van der Waals surface area contributed by atoms with Crippen LogP contribution in [0.1, 0.15) is 24.4 Å². The van der Waals surface area contributed by atoms with E-state index in [1.807, 2.05) is 35.2 Å². The summed E-state index contributed by atoms with van der Waals surface area (Å²) in [5.41, 5.74) is 8.95. The van der Waals surface area contributed by atoms with Gasteiger partial charge in [-0.15, -0.1) is 0 Å². The van der Waals surface area contributed by atoms with Crippen LogP contribution in [0.25, 0.3) is 0 Å². The van der Waals surface area contributed by atoms with Gasteiger partial charge in [-0.1, -0.05) is 35.3 Å². The molecule has 0 radical (unpaired) electrons. The summed E-state index contributed by atoms with van der Waals surface area (Å²) < 4.78 is 0. The van der Waals surface area contributed by atoms with E-state index in [0.29, 0.717) is 16.0 Å². The number of hydrogen-bond donors (Lipinski definition) is 1. The van der Waals surface area contributed by atoms with E-state index >= 15 is 0 Å². The maximum Gasteiger partial charge on any atom is 0.179 e. The Balaban J connectivity index is 1.53. The van der Waals surface area contributed by atoms with Gasteiger partial charge in [0.15, 0.2) is 6.19 Å². The van der Waals surface area contributed by atoms with E-state index in [0.717, 1.165) is 63.5 Å². The lowest BCUT2D eigenvalue weighted by molar-refractivity contribution is 0.153. The van der Waals surface area contributed by atoms with Gasteiger partial charge in [0.05, 0.1) is 16.8 Å². The van der Waals surface area contributed by atoms with E-state index in [1.54, 1.807) is 0 Å². The molecule has 2 heterocycles. The molecule has 2 aliphatic heterocycles. The minimum atomic E-state index is 0.192. The predicted molar refractivity (Wildman–Crippen MR) is 124 cm³/mol. The zero-order chi connectivity index (χ0) is 21.1. The second-order valence-electron chi connectivity index (χ2n) is 8.26. The molecule has 2 fully saturated rings. The van der Waals surface area contributed by atoms with Gasteiger partial charge in [-0.2, -0.15) is 5.26 Å². The Morgan fingerprint density at radius 2 is 1.73 bits per heavy atom. The lowest BCUT2D eigenvalue weighted by Gasteiger charge is -2.45. The molecule has 0 spiro atoms. The minimum Gasteiger partial charge on any atom is -0.399 e. The van der Waals surface area contributed by atoms with Gasteiger partial charge in [0, 0.05) is 50.0 Å². The molecule has 0 saturated carbocycles. The number of anilines is 2. The van der Waals surface area contributed by atoms with Gasteiger partial charge < -0.3 is 15.5 Å². The first-order chi connectivity index (χ1) is 14.5. The van der Waals surface area contributed by atoms with Crippen LogP contribution in [0.4, 0.5) is 11.4 Å². The van der Waals surface area contributed by atoms with Crippen LogP contribution in [0.5, 0.6) is 0 Å². The third-order valence-corrected chi connectivity index (χ3v) is 6.82. The van der Waals surface area contributed by atoms with Crippen molar-refractivity contribution in [3.05, 3.63) is 58.1 Å². The third-order valence-electron chi connectivity index (χ3n) is 6.28. The quantitative estimate of drug-likeness (QED) is 0.551. The van der Waals surface area contributed by atoms with Gasteiger partial charge in [-0.3, -0.25) is 4.90 Å². The van der Waals surface area contributed by atoms with E-state index in [-0.39, 0.29) is 6.04 Å². The van der Waals surface area contributed by atoms with Crippen molar-refractivity contribution in [3.63, 3.8) is 0 Å². The number of rotatable bonds is 4. The van der Waals surface area contributed by atoms with Crippen molar-refractivity contribution in [2.24, 2.45) is 5.92 Å². The topological polar surface area (TPSA) is 59.5 Å². The van der Waals surface area contributed by atoms with E-state index < -0.39 is 0 Å². The maximum absolute atomic E-state index is 9.09. The van der Waals surface area contributed by atoms with Gasteiger partial charge in [0.1, 0.15) is 0 Å². The summed E-state index contributed by atoms with van der Waals surface area (Å²) in [5.74, 6) is 0.646. The van der Waals surface area contributed by atoms with E-state index in [4.69, 9.17) is 34.2 Å². The Hall–Kier alpha value is -2.13. The summed E-state index contributed by atoms with van der Waals surface area (Å²) in [6.45, 7) is 5.65. The first-order valence-corrected chi connectivity index (χ1v) is 11.2. The predicted octanol–water partition coefficient (Wildman–Crippen LogP) is 4.63. The number of nitriles is 1. The average Bonchev–Trinajstić information content (AvgIpc) is 2.75. The number of nitrogens with zero attached hydrogens (tertiary/aromatic N) is 4. The number of piperidine rings is 1. The monoisotopic (exact) mass is 443 g/mol. The van der Waals surface area contributed by atoms with Gasteiger partial charge >= 0.3 is 0 Å². The number of benzene rings is 2. The van der Waals surface area contributed by atoms with Crippen LogP contribution in [-0.4, -0.2) is 49.1 Å². The van der Waals surface area contributed by atoms with Crippen molar-refractivity contribution in [1.29, 1.82) is 5.26 Å². The summed E-state index contributed by atoms with van der Waals surface area (Å²) in [7, 11) is 0.